The number of pyridine rings is 1. The molecule has 2 aliphatic heterocycles. The molecule has 4 aromatic carbocycles. The van der Waals surface area contributed by atoms with Crippen LogP contribution in [-0.4, -0.2) is 116 Å². The first-order chi connectivity index (χ1) is 39.0. The first-order valence-corrected chi connectivity index (χ1v) is 27.0. The first kappa shape index (κ1) is 55.9. The summed E-state index contributed by atoms with van der Waals surface area (Å²) in [5.74, 6) is -0.613. The Balaban J connectivity index is 0.611. The third-order valence-electron chi connectivity index (χ3n) is 15.1. The minimum atomic E-state index is -3.76. The van der Waals surface area contributed by atoms with Gasteiger partial charge in [-0.05, 0) is 91.1 Å². The lowest BCUT2D eigenvalue weighted by molar-refractivity contribution is -0.286. The molecule has 1 saturated carbocycles. The quantitative estimate of drug-likeness (QED) is 0.0494. The Morgan fingerprint density at radius 2 is 1.54 bits per heavy atom. The fourth-order valence-electron chi connectivity index (χ4n) is 10.3. The van der Waals surface area contributed by atoms with Gasteiger partial charge in [0, 0.05) is 62.8 Å². The van der Waals surface area contributed by atoms with E-state index in [1.807, 2.05) is 80.6 Å². The van der Waals surface area contributed by atoms with Gasteiger partial charge in [0.1, 0.15) is 11.3 Å². The van der Waals surface area contributed by atoms with E-state index in [9.17, 15) is 37.9 Å². The predicted molar refractivity (Wildman–Crippen MR) is 295 cm³/mol. The number of rotatable bonds is 22. The van der Waals surface area contributed by atoms with Gasteiger partial charge in [0.05, 0.1) is 61.7 Å². The van der Waals surface area contributed by atoms with Crippen molar-refractivity contribution < 1.29 is 52.0 Å². The molecule has 0 spiro atoms. The van der Waals surface area contributed by atoms with E-state index < -0.39 is 17.3 Å². The maximum absolute atomic E-state index is 13.7. The van der Waals surface area contributed by atoms with Crippen molar-refractivity contribution in [3.63, 3.8) is 0 Å². The Labute approximate surface area is 465 Å². The van der Waals surface area contributed by atoms with Crippen LogP contribution in [0.25, 0.3) is 33.5 Å². The number of piperidine rings is 1. The summed E-state index contributed by atoms with van der Waals surface area (Å²) in [7, 11) is 1.74. The molecule has 0 radical (unpaired) electrons. The summed E-state index contributed by atoms with van der Waals surface area (Å²) >= 11 is 0. The Morgan fingerprint density at radius 1 is 0.802 bits per heavy atom. The number of anilines is 1. The van der Waals surface area contributed by atoms with E-state index >= 15 is 0 Å². The molecular formula is C60H63F2N9O10. The highest BCUT2D eigenvalue weighted by molar-refractivity contribution is 6.01. The Hall–Kier alpha value is -8.40. The molecular weight excluding hydrogens is 1040 g/mol. The standard InChI is InChI=1S/C60H63F2N9O10/c1-38-12-19-48(67-57(76)59(21-22-59)45-17-18-46-47(34-45)81-60(61,62)80-46)66-51(38)43-10-7-11-44(33-43)55(74)63-25-29-79-31-30-78-28-20-49(72)64-35-40-13-15-42(16-14-40)54-52-53(68-69(54)3)56(75)71(37-65-52)36-58(77)23-26-70(27-24-58)50(73)32-39(2)41-8-5-4-6-9-41/h4-19,33-34,37,39,77H,20-32,35-36H2,1-3H3,(H,63,74)(H,64,72)(H,66,67,76)/t39-/m1/s1. The maximum atomic E-state index is 13.7. The summed E-state index contributed by atoms with van der Waals surface area (Å²) in [6, 6.07) is 32.3. The highest BCUT2D eigenvalue weighted by atomic mass is 19.3. The molecule has 0 unspecified atom stereocenters. The Morgan fingerprint density at radius 3 is 2.30 bits per heavy atom. The van der Waals surface area contributed by atoms with E-state index in [0.29, 0.717) is 91.2 Å². The van der Waals surface area contributed by atoms with Gasteiger partial charge in [-0.2, -0.15) is 5.10 Å². The van der Waals surface area contributed by atoms with E-state index in [1.54, 1.807) is 47.0 Å². The van der Waals surface area contributed by atoms with Crippen molar-refractivity contribution >= 4 is 40.5 Å². The van der Waals surface area contributed by atoms with Crippen molar-refractivity contribution in [2.75, 3.05) is 51.4 Å². The van der Waals surface area contributed by atoms with E-state index in [2.05, 4.69) is 35.5 Å². The second-order valence-corrected chi connectivity index (χ2v) is 21.0. The van der Waals surface area contributed by atoms with Crippen LogP contribution in [0.3, 0.4) is 0 Å². The first-order valence-electron chi connectivity index (χ1n) is 27.0. The number of alkyl halides is 2. The van der Waals surface area contributed by atoms with Crippen molar-refractivity contribution in [2.24, 2.45) is 7.05 Å². The van der Waals surface area contributed by atoms with E-state index in [0.717, 1.165) is 22.3 Å². The smallest absolute Gasteiger partial charge is 0.395 e. The van der Waals surface area contributed by atoms with Gasteiger partial charge in [0.25, 0.3) is 11.5 Å². The number of aromatic nitrogens is 5. The predicted octanol–water partition coefficient (Wildman–Crippen LogP) is 7.18. The molecule has 4 N–H and O–H groups in total. The number of aliphatic hydroxyl groups is 1. The number of carbonyl (C=O) groups is 4. The van der Waals surface area contributed by atoms with Gasteiger partial charge in [0.2, 0.25) is 17.7 Å². The monoisotopic (exact) mass is 1110 g/mol. The molecule has 81 heavy (non-hydrogen) atoms. The molecule has 0 bridgehead atoms. The van der Waals surface area contributed by atoms with Crippen LogP contribution < -0.4 is 31.0 Å². The minimum absolute atomic E-state index is 0.0338. The highest BCUT2D eigenvalue weighted by Crippen LogP contribution is 2.52. The zero-order valence-electron chi connectivity index (χ0n) is 45.2. The van der Waals surface area contributed by atoms with Crippen molar-refractivity contribution in [1.29, 1.82) is 0 Å². The topological polar surface area (TPSA) is 230 Å². The summed E-state index contributed by atoms with van der Waals surface area (Å²) in [6.45, 7) is 6.20. The van der Waals surface area contributed by atoms with Crippen LogP contribution in [0.5, 0.6) is 11.5 Å². The number of halogens is 2. The number of likely N-dealkylation sites (tertiary alicyclic amines) is 1. The zero-order valence-corrected chi connectivity index (χ0v) is 45.2. The van der Waals surface area contributed by atoms with Gasteiger partial charge in [0.15, 0.2) is 17.0 Å². The lowest BCUT2D eigenvalue weighted by Gasteiger charge is -2.38. The van der Waals surface area contributed by atoms with Gasteiger partial charge in [-0.1, -0.05) is 85.8 Å². The number of carbonyl (C=O) groups excluding carboxylic acids is 4. The van der Waals surface area contributed by atoms with Gasteiger partial charge in [-0.25, -0.2) is 9.97 Å². The summed E-state index contributed by atoms with van der Waals surface area (Å²) in [6.07, 6.45) is -0.0758. The van der Waals surface area contributed by atoms with Crippen LogP contribution in [0.1, 0.15) is 84.0 Å². The molecule has 7 aromatic rings. The normalized spacial score (nSPS) is 16.0. The number of nitrogens with one attached hydrogen (secondary N) is 3. The summed E-state index contributed by atoms with van der Waals surface area (Å²) in [5, 5.41) is 24.7. The summed E-state index contributed by atoms with van der Waals surface area (Å²) in [4.78, 5) is 77.3. The molecule has 1 saturated heterocycles. The van der Waals surface area contributed by atoms with Crippen LogP contribution in [-0.2, 0) is 49.4 Å². The van der Waals surface area contributed by atoms with Gasteiger partial charge in [-0.3, -0.25) is 33.2 Å². The average molecular weight is 1110 g/mol. The third kappa shape index (κ3) is 13.0. The number of fused-ring (bicyclic) bond motifs is 2. The van der Waals surface area contributed by atoms with Crippen molar-refractivity contribution in [3.8, 4) is 34.0 Å². The number of hydrogen-bond donors (Lipinski definition) is 4. The van der Waals surface area contributed by atoms with Crippen LogP contribution in [0.4, 0.5) is 14.6 Å². The summed E-state index contributed by atoms with van der Waals surface area (Å²) < 4.78 is 50.6. The number of ether oxygens (including phenoxy) is 4. The van der Waals surface area contributed by atoms with E-state index in [-0.39, 0.29) is 98.1 Å². The Kier molecular flexibility index (Phi) is 16.4. The zero-order chi connectivity index (χ0) is 56.9. The van der Waals surface area contributed by atoms with E-state index in [1.165, 1.54) is 23.0 Å². The second-order valence-electron chi connectivity index (χ2n) is 21.0. The van der Waals surface area contributed by atoms with Crippen molar-refractivity contribution in [3.05, 3.63) is 154 Å². The molecule has 2 fully saturated rings. The Bertz CT molecular complexity index is 3520. The minimum Gasteiger partial charge on any atom is -0.395 e. The number of nitrogens with zero attached hydrogens (tertiary/aromatic N) is 6. The fourth-order valence-corrected chi connectivity index (χ4v) is 10.3. The fraction of sp³-hybridized carbons (Fsp3) is 0.367. The third-order valence-corrected chi connectivity index (χ3v) is 15.1. The lowest BCUT2D eigenvalue weighted by atomic mass is 9.90. The highest BCUT2D eigenvalue weighted by Gasteiger charge is 2.53. The largest absolute Gasteiger partial charge is 0.586 e. The number of hydrogen-bond acceptors (Lipinski definition) is 13. The summed E-state index contributed by atoms with van der Waals surface area (Å²) in [5.41, 5.74) is 4.55. The molecule has 10 rings (SSSR count). The molecule has 3 aromatic heterocycles. The maximum Gasteiger partial charge on any atom is 0.586 e. The molecule has 4 amide bonds. The van der Waals surface area contributed by atoms with Gasteiger partial charge < -0.3 is 44.9 Å². The molecule has 5 heterocycles. The van der Waals surface area contributed by atoms with Crippen LogP contribution >= 0.6 is 0 Å². The molecule has 21 heteroatoms. The van der Waals surface area contributed by atoms with Crippen LogP contribution in [0.2, 0.25) is 0 Å². The molecule has 3 aliphatic rings. The average Bonchev–Trinajstić information content (AvgIpc) is 4.35. The second kappa shape index (κ2) is 23.7. The number of aryl methyl sites for hydroxylation is 2. The van der Waals surface area contributed by atoms with Crippen molar-refractivity contribution in [1.82, 2.24) is 39.8 Å². The van der Waals surface area contributed by atoms with Crippen molar-refractivity contribution in [2.45, 2.75) is 88.7 Å². The molecule has 1 atom stereocenters. The van der Waals surface area contributed by atoms with E-state index in [4.69, 9.17) is 14.5 Å². The number of benzene rings is 4. The molecule has 422 valence electrons. The molecule has 1 aliphatic carbocycles. The van der Waals surface area contributed by atoms with Gasteiger partial charge >= 0.3 is 6.29 Å². The lowest BCUT2D eigenvalue weighted by Crippen LogP contribution is -2.49. The molecule has 19 nitrogen and oxygen atoms in total. The van der Waals surface area contributed by atoms with Gasteiger partial charge in [-0.15, -0.1) is 8.78 Å². The number of amides is 4. The van der Waals surface area contributed by atoms with Crippen LogP contribution in [0.15, 0.2) is 120 Å². The van der Waals surface area contributed by atoms with Crippen LogP contribution in [0, 0.1) is 6.92 Å². The SMILES string of the molecule is Cc1ccc(NC(=O)C2(c3ccc4c(c3)OC(F)(F)O4)CC2)nc1-c1cccc(C(=O)NCCOCCOCCC(=O)NCc2ccc(-c3c4ncn(CC5(O)CCN(C(=O)C[C@@H](C)c6ccccc6)CC5)c(=O)c4nn3C)cc2)c1.